The van der Waals surface area contributed by atoms with E-state index >= 15 is 0 Å². The SMILES string of the molecule is NS(=O)(=O)c1ccc(Nc2[nH]c(=S)nc3sc4c(c23)CCCC4)cc1. The number of rotatable bonds is 3. The molecule has 0 amide bonds. The van der Waals surface area contributed by atoms with E-state index in [-0.39, 0.29) is 4.90 Å². The predicted octanol–water partition coefficient (Wildman–Crippen LogP) is 3.62. The smallest absolute Gasteiger partial charge is 0.238 e. The first-order valence-electron chi connectivity index (χ1n) is 7.86. The van der Waals surface area contributed by atoms with Gasteiger partial charge in [0, 0.05) is 10.6 Å². The minimum Gasteiger partial charge on any atom is -0.341 e. The Morgan fingerprint density at radius 2 is 1.92 bits per heavy atom. The zero-order valence-corrected chi connectivity index (χ0v) is 15.7. The molecule has 0 saturated carbocycles. The lowest BCUT2D eigenvalue weighted by Gasteiger charge is -2.13. The average Bonchev–Trinajstić information content (AvgIpc) is 2.92. The second-order valence-corrected chi connectivity index (χ2v) is 9.03. The number of thiophene rings is 1. The summed E-state index contributed by atoms with van der Waals surface area (Å²) in [6.45, 7) is 0. The maximum atomic E-state index is 11.4. The number of nitrogens with two attached hydrogens (primary N) is 1. The number of primary sulfonamides is 1. The number of benzene rings is 1. The summed E-state index contributed by atoms with van der Waals surface area (Å²) in [7, 11) is -3.70. The lowest BCUT2D eigenvalue weighted by molar-refractivity contribution is 0.598. The van der Waals surface area contributed by atoms with Gasteiger partial charge in [0.25, 0.3) is 0 Å². The van der Waals surface area contributed by atoms with E-state index in [2.05, 4.69) is 15.3 Å². The first kappa shape index (κ1) is 16.6. The van der Waals surface area contributed by atoms with E-state index in [0.717, 1.165) is 34.6 Å². The van der Waals surface area contributed by atoms with E-state index in [1.807, 2.05) is 0 Å². The van der Waals surface area contributed by atoms with Crippen LogP contribution in [0.25, 0.3) is 10.2 Å². The molecule has 130 valence electrons. The van der Waals surface area contributed by atoms with Crippen molar-refractivity contribution in [3.63, 3.8) is 0 Å². The lowest BCUT2D eigenvalue weighted by atomic mass is 9.97. The van der Waals surface area contributed by atoms with Crippen LogP contribution in [0.4, 0.5) is 11.5 Å². The summed E-state index contributed by atoms with van der Waals surface area (Å²) >= 11 is 6.97. The second-order valence-electron chi connectivity index (χ2n) is 6.00. The molecule has 0 saturated heterocycles. The van der Waals surface area contributed by atoms with Gasteiger partial charge in [0.15, 0.2) is 4.77 Å². The quantitative estimate of drug-likeness (QED) is 0.591. The highest BCUT2D eigenvalue weighted by molar-refractivity contribution is 7.89. The molecule has 0 unspecified atom stereocenters. The van der Waals surface area contributed by atoms with Gasteiger partial charge in [-0.05, 0) is 67.7 Å². The molecule has 25 heavy (non-hydrogen) atoms. The van der Waals surface area contributed by atoms with Gasteiger partial charge in [-0.2, -0.15) is 0 Å². The monoisotopic (exact) mass is 392 g/mol. The maximum absolute atomic E-state index is 11.4. The summed E-state index contributed by atoms with van der Waals surface area (Å²) in [6, 6.07) is 6.32. The molecule has 0 atom stereocenters. The molecule has 0 fully saturated rings. The molecular formula is C16H16N4O2S3. The first-order valence-corrected chi connectivity index (χ1v) is 10.6. The lowest BCUT2D eigenvalue weighted by Crippen LogP contribution is -2.11. The van der Waals surface area contributed by atoms with Crippen LogP contribution in [-0.4, -0.2) is 18.4 Å². The van der Waals surface area contributed by atoms with Crippen molar-refractivity contribution in [3.05, 3.63) is 39.5 Å². The predicted molar refractivity (Wildman–Crippen MR) is 103 cm³/mol. The Labute approximate surface area is 154 Å². The van der Waals surface area contributed by atoms with Crippen LogP contribution in [0, 0.1) is 4.77 Å². The van der Waals surface area contributed by atoms with Crippen LogP contribution in [0.15, 0.2) is 29.2 Å². The van der Waals surface area contributed by atoms with Crippen LogP contribution in [0.5, 0.6) is 0 Å². The van der Waals surface area contributed by atoms with Gasteiger partial charge < -0.3 is 10.3 Å². The van der Waals surface area contributed by atoms with Crippen LogP contribution in [0.3, 0.4) is 0 Å². The van der Waals surface area contributed by atoms with E-state index in [1.54, 1.807) is 23.5 Å². The molecule has 1 aromatic carbocycles. The summed E-state index contributed by atoms with van der Waals surface area (Å²) in [4.78, 5) is 10.0. The van der Waals surface area contributed by atoms with E-state index < -0.39 is 10.0 Å². The number of aromatic amines is 1. The molecule has 0 radical (unpaired) electrons. The zero-order chi connectivity index (χ0) is 17.6. The number of aryl methyl sites for hydroxylation is 2. The molecule has 6 nitrogen and oxygen atoms in total. The summed E-state index contributed by atoms with van der Waals surface area (Å²) in [6.07, 6.45) is 4.52. The summed E-state index contributed by atoms with van der Waals surface area (Å²) in [5.41, 5.74) is 2.09. The summed E-state index contributed by atoms with van der Waals surface area (Å²) in [5.74, 6) is 0.803. The van der Waals surface area contributed by atoms with Crippen molar-refractivity contribution >= 4 is 55.3 Å². The molecule has 2 aromatic heterocycles. The topological polar surface area (TPSA) is 101 Å². The molecule has 0 spiro atoms. The highest BCUT2D eigenvalue weighted by atomic mass is 32.2. The number of aromatic nitrogens is 2. The minimum atomic E-state index is -3.70. The molecule has 4 rings (SSSR count). The highest BCUT2D eigenvalue weighted by Gasteiger charge is 2.20. The van der Waals surface area contributed by atoms with Crippen LogP contribution >= 0.6 is 23.6 Å². The number of fused-ring (bicyclic) bond motifs is 3. The van der Waals surface area contributed by atoms with Crippen molar-refractivity contribution in [2.45, 2.75) is 30.6 Å². The van der Waals surface area contributed by atoms with E-state index in [1.165, 1.54) is 35.4 Å². The second kappa shape index (κ2) is 6.17. The largest absolute Gasteiger partial charge is 0.341 e. The van der Waals surface area contributed by atoms with Gasteiger partial charge in [0.2, 0.25) is 10.0 Å². The molecule has 3 aromatic rings. The van der Waals surface area contributed by atoms with Crippen LogP contribution < -0.4 is 10.5 Å². The van der Waals surface area contributed by atoms with Gasteiger partial charge in [-0.25, -0.2) is 18.5 Å². The van der Waals surface area contributed by atoms with Crippen LogP contribution in [0.2, 0.25) is 0 Å². The molecule has 4 N–H and O–H groups in total. The summed E-state index contributed by atoms with van der Waals surface area (Å²) in [5, 5.41) is 9.54. The van der Waals surface area contributed by atoms with E-state index in [9.17, 15) is 8.42 Å². The average molecular weight is 393 g/mol. The summed E-state index contributed by atoms with van der Waals surface area (Å²) < 4.78 is 23.2. The molecule has 0 aliphatic heterocycles. The van der Waals surface area contributed by atoms with Crippen molar-refractivity contribution in [1.29, 1.82) is 0 Å². The number of H-pyrrole nitrogens is 1. The van der Waals surface area contributed by atoms with E-state index in [0.29, 0.717) is 4.77 Å². The molecule has 0 bridgehead atoms. The van der Waals surface area contributed by atoms with E-state index in [4.69, 9.17) is 17.4 Å². The number of hydrogen-bond donors (Lipinski definition) is 3. The zero-order valence-electron chi connectivity index (χ0n) is 13.2. The fourth-order valence-corrected chi connectivity index (χ4v) is 5.18. The van der Waals surface area contributed by atoms with Crippen LogP contribution in [-0.2, 0) is 22.9 Å². The van der Waals surface area contributed by atoms with Gasteiger partial charge in [-0.1, -0.05) is 0 Å². The Balaban J connectivity index is 1.79. The Morgan fingerprint density at radius 1 is 1.20 bits per heavy atom. The molecular weight excluding hydrogens is 376 g/mol. The minimum absolute atomic E-state index is 0.0822. The number of hydrogen-bond acceptors (Lipinski definition) is 6. The van der Waals surface area contributed by atoms with Gasteiger partial charge >= 0.3 is 0 Å². The first-order chi connectivity index (χ1) is 11.9. The van der Waals surface area contributed by atoms with Gasteiger partial charge in [-0.3, -0.25) is 0 Å². The molecule has 1 aliphatic carbocycles. The van der Waals surface area contributed by atoms with Crippen molar-refractivity contribution < 1.29 is 8.42 Å². The third-order valence-electron chi connectivity index (χ3n) is 4.29. The Morgan fingerprint density at radius 3 is 2.64 bits per heavy atom. The Hall–Kier alpha value is -1.81. The third-order valence-corrected chi connectivity index (χ3v) is 6.60. The van der Waals surface area contributed by atoms with Crippen LogP contribution in [0.1, 0.15) is 23.3 Å². The number of anilines is 2. The van der Waals surface area contributed by atoms with Crippen molar-refractivity contribution in [3.8, 4) is 0 Å². The van der Waals surface area contributed by atoms with Gasteiger partial charge in [0.05, 0.1) is 10.3 Å². The maximum Gasteiger partial charge on any atom is 0.238 e. The Kier molecular flexibility index (Phi) is 4.11. The fraction of sp³-hybridized carbons (Fsp3) is 0.250. The van der Waals surface area contributed by atoms with Gasteiger partial charge in [0.1, 0.15) is 10.6 Å². The van der Waals surface area contributed by atoms with Crippen molar-refractivity contribution in [2.75, 3.05) is 5.32 Å². The highest BCUT2D eigenvalue weighted by Crippen LogP contribution is 2.39. The number of sulfonamides is 1. The fourth-order valence-electron chi connectivity index (χ4n) is 3.14. The normalized spacial score (nSPS) is 14.4. The molecule has 9 heteroatoms. The molecule has 1 aliphatic rings. The van der Waals surface area contributed by atoms with Crippen molar-refractivity contribution in [2.24, 2.45) is 5.14 Å². The van der Waals surface area contributed by atoms with Gasteiger partial charge in [-0.15, -0.1) is 11.3 Å². The third kappa shape index (κ3) is 3.20. The standard InChI is InChI=1S/C16H16N4O2S3/c17-25(21,22)10-7-5-9(6-8-10)18-14-13-11-3-1-2-4-12(11)24-15(13)20-16(23)19-14/h5-8H,1-4H2,(H2,17,21,22)(H2,18,19,20,23). The number of nitrogens with one attached hydrogen (secondary N) is 2. The Bertz CT molecular complexity index is 1110. The molecule has 2 heterocycles. The number of nitrogens with zero attached hydrogens (tertiary/aromatic N) is 1. The van der Waals surface area contributed by atoms with Crippen molar-refractivity contribution in [1.82, 2.24) is 9.97 Å².